The normalized spacial score (nSPS) is 35.7. The Bertz CT molecular complexity index is 1630. The first-order chi connectivity index (χ1) is 24.6. The Kier molecular flexibility index (Phi) is 11.0. The van der Waals surface area contributed by atoms with Gasteiger partial charge in [0.2, 0.25) is 5.78 Å². The SMILES string of the molecule is C[C@]12CCC(=O)C=C1CC[C@@H]1C2=CC[C@@]2(C)[C@H]1CC[C@]2(O)C(=O)COC(=O)CCC/C=C\C[C@@H]1[C@@H](COc2cccc(C(F)(F)F)c2)[C@H](O)C[C@@H]1O. The first-order valence-corrected chi connectivity index (χ1v) is 18.7. The van der Waals surface area contributed by atoms with Crippen molar-refractivity contribution in [2.24, 2.45) is 34.5 Å². The average Bonchev–Trinajstić information content (AvgIpc) is 3.54. The fourth-order valence-electron chi connectivity index (χ4n) is 10.1. The van der Waals surface area contributed by atoms with Crippen LogP contribution in [0.15, 0.2) is 59.7 Å². The molecule has 11 heteroatoms. The number of hydrogen-bond acceptors (Lipinski definition) is 8. The van der Waals surface area contributed by atoms with Crippen molar-refractivity contribution in [3.63, 3.8) is 0 Å². The van der Waals surface area contributed by atoms with Crippen molar-refractivity contribution in [2.45, 2.75) is 115 Å². The van der Waals surface area contributed by atoms with Gasteiger partial charge in [0, 0.05) is 29.6 Å². The van der Waals surface area contributed by atoms with E-state index in [9.17, 15) is 42.9 Å². The highest BCUT2D eigenvalue weighted by atomic mass is 19.4. The lowest BCUT2D eigenvalue weighted by molar-refractivity contribution is -0.163. The molecule has 6 rings (SSSR count). The molecule has 3 fully saturated rings. The second kappa shape index (κ2) is 14.9. The van der Waals surface area contributed by atoms with Gasteiger partial charge in [-0.1, -0.05) is 49.3 Å². The number of unbranched alkanes of at least 4 members (excludes halogenated alkanes) is 1. The van der Waals surface area contributed by atoms with Crippen molar-refractivity contribution < 1.29 is 52.3 Å². The smallest absolute Gasteiger partial charge is 0.416 e. The summed E-state index contributed by atoms with van der Waals surface area (Å²) in [6.07, 6.45) is 7.97. The third-order valence-electron chi connectivity index (χ3n) is 13.3. The van der Waals surface area contributed by atoms with Gasteiger partial charge in [-0.25, -0.2) is 0 Å². The summed E-state index contributed by atoms with van der Waals surface area (Å²) in [6, 6.07) is 4.55. The van der Waals surface area contributed by atoms with Crippen LogP contribution in [0.4, 0.5) is 13.2 Å². The van der Waals surface area contributed by atoms with Crippen LogP contribution in [-0.2, 0) is 25.3 Å². The van der Waals surface area contributed by atoms with Crippen molar-refractivity contribution in [1.29, 1.82) is 0 Å². The molecule has 5 aliphatic rings. The molecule has 0 amide bonds. The average molecular weight is 729 g/mol. The number of aliphatic hydroxyl groups excluding tert-OH is 2. The minimum atomic E-state index is -4.50. The maximum Gasteiger partial charge on any atom is 0.416 e. The standard InChI is InChI=1S/C41H51F3O8/c1-38-17-14-27(45)20-25(38)12-13-30-32(38)15-18-39(2)33(30)16-19-40(39,50)36(48)24-52-37(49)11-6-4-3-5-10-29-31(35(47)22-34(29)46)23-51-28-9-7-8-26(21-28)41(42,43)44/h3,5,7-9,15,20-21,29-31,33-35,46-47,50H,4,6,10-14,16-19,22-24H2,1-2H3/b5-3-/t29-,30-,31-,33+,34+,35-,38+,39+,40+/m1/s1. The predicted molar refractivity (Wildman–Crippen MR) is 186 cm³/mol. The van der Waals surface area contributed by atoms with E-state index in [4.69, 9.17) is 9.47 Å². The Balaban J connectivity index is 0.947. The minimum Gasteiger partial charge on any atom is -0.493 e. The number of fused-ring (bicyclic) bond motifs is 5. The van der Waals surface area contributed by atoms with Gasteiger partial charge in [-0.2, -0.15) is 13.2 Å². The first-order valence-electron chi connectivity index (χ1n) is 18.7. The summed E-state index contributed by atoms with van der Waals surface area (Å²) in [6.45, 7) is 3.71. The Morgan fingerprint density at radius 1 is 1.04 bits per heavy atom. The molecule has 0 unspecified atom stereocenters. The number of esters is 1. The van der Waals surface area contributed by atoms with Gasteiger partial charge in [0.1, 0.15) is 11.4 Å². The zero-order valence-electron chi connectivity index (χ0n) is 30.0. The van der Waals surface area contributed by atoms with E-state index in [1.54, 1.807) is 0 Å². The molecule has 3 saturated carbocycles. The van der Waals surface area contributed by atoms with Crippen molar-refractivity contribution in [2.75, 3.05) is 13.2 Å². The number of hydrogen-bond donors (Lipinski definition) is 3. The molecule has 1 aromatic rings. The number of benzene rings is 1. The van der Waals surface area contributed by atoms with Gasteiger partial charge in [-0.05, 0) is 106 Å². The maximum atomic E-state index is 13.5. The van der Waals surface area contributed by atoms with Gasteiger partial charge >= 0.3 is 12.1 Å². The lowest BCUT2D eigenvalue weighted by Gasteiger charge is -2.54. The second-order valence-corrected chi connectivity index (χ2v) is 16.1. The topological polar surface area (TPSA) is 130 Å². The van der Waals surface area contributed by atoms with Gasteiger partial charge in [0.15, 0.2) is 12.4 Å². The number of rotatable bonds is 12. The molecule has 284 valence electrons. The third-order valence-corrected chi connectivity index (χ3v) is 13.3. The molecule has 0 aromatic heterocycles. The molecule has 9 atom stereocenters. The summed E-state index contributed by atoms with van der Waals surface area (Å²) >= 11 is 0. The van der Waals surface area contributed by atoms with E-state index in [1.165, 1.54) is 23.3 Å². The van der Waals surface area contributed by atoms with E-state index in [2.05, 4.69) is 13.0 Å². The molecule has 3 N–H and O–H groups in total. The largest absolute Gasteiger partial charge is 0.493 e. The summed E-state index contributed by atoms with van der Waals surface area (Å²) in [7, 11) is 0. The van der Waals surface area contributed by atoms with Crippen LogP contribution >= 0.6 is 0 Å². The van der Waals surface area contributed by atoms with Crippen molar-refractivity contribution in [3.05, 3.63) is 65.3 Å². The zero-order valence-corrected chi connectivity index (χ0v) is 30.0. The molecule has 5 aliphatic carbocycles. The van der Waals surface area contributed by atoms with Crippen LogP contribution in [0.1, 0.15) is 96.5 Å². The van der Waals surface area contributed by atoms with E-state index in [0.717, 1.165) is 37.8 Å². The van der Waals surface area contributed by atoms with Crippen LogP contribution in [0.25, 0.3) is 0 Å². The molecule has 0 radical (unpaired) electrons. The monoisotopic (exact) mass is 728 g/mol. The predicted octanol–water partition coefficient (Wildman–Crippen LogP) is 6.85. The number of ether oxygens (including phenoxy) is 2. The fraction of sp³-hybridized carbons (Fsp3) is 0.634. The van der Waals surface area contributed by atoms with Crippen molar-refractivity contribution >= 4 is 17.5 Å². The van der Waals surface area contributed by atoms with Crippen LogP contribution in [0, 0.1) is 34.5 Å². The second-order valence-electron chi connectivity index (χ2n) is 16.1. The molecule has 0 spiro atoms. The van der Waals surface area contributed by atoms with E-state index in [1.807, 2.05) is 25.2 Å². The van der Waals surface area contributed by atoms with Gasteiger partial charge in [0.05, 0.1) is 24.4 Å². The molecule has 0 bridgehead atoms. The summed E-state index contributed by atoms with van der Waals surface area (Å²) in [5.41, 5.74) is -0.642. The molecular formula is C41H51F3O8. The minimum absolute atomic E-state index is 0.0385. The quantitative estimate of drug-likeness (QED) is 0.121. The van der Waals surface area contributed by atoms with Crippen LogP contribution in [-0.4, -0.2) is 63.9 Å². The summed E-state index contributed by atoms with van der Waals surface area (Å²) < 4.78 is 50.2. The molecule has 0 saturated heterocycles. The van der Waals surface area contributed by atoms with E-state index >= 15 is 0 Å². The van der Waals surface area contributed by atoms with Crippen LogP contribution in [0.3, 0.4) is 0 Å². The maximum absolute atomic E-state index is 13.5. The fourth-order valence-corrected chi connectivity index (χ4v) is 10.1. The number of alkyl halides is 3. The number of ketones is 2. The number of allylic oxidation sites excluding steroid dienone is 6. The van der Waals surface area contributed by atoms with Crippen LogP contribution in [0.2, 0.25) is 0 Å². The number of Topliss-reactive ketones (excluding diaryl/α,β-unsaturated/α-hetero) is 1. The lowest BCUT2D eigenvalue weighted by Crippen LogP contribution is -2.55. The van der Waals surface area contributed by atoms with Crippen molar-refractivity contribution in [1.82, 2.24) is 0 Å². The van der Waals surface area contributed by atoms with E-state index in [0.29, 0.717) is 38.5 Å². The summed E-state index contributed by atoms with van der Waals surface area (Å²) in [4.78, 5) is 38.2. The van der Waals surface area contributed by atoms with E-state index in [-0.39, 0.29) is 54.1 Å². The zero-order chi connectivity index (χ0) is 37.5. The molecule has 0 heterocycles. The van der Waals surface area contributed by atoms with E-state index < -0.39 is 59.2 Å². The Morgan fingerprint density at radius 3 is 2.58 bits per heavy atom. The summed E-state index contributed by atoms with van der Waals surface area (Å²) in [5, 5.41) is 32.9. The number of aliphatic hydroxyl groups is 3. The molecule has 8 nitrogen and oxygen atoms in total. The number of carbonyl (C=O) groups excluding carboxylic acids is 3. The Morgan fingerprint density at radius 2 is 1.81 bits per heavy atom. The Hall–Kier alpha value is -3.28. The highest BCUT2D eigenvalue weighted by molar-refractivity contribution is 5.92. The molecule has 1 aromatic carbocycles. The van der Waals surface area contributed by atoms with Crippen LogP contribution in [0.5, 0.6) is 5.75 Å². The summed E-state index contributed by atoms with van der Waals surface area (Å²) in [5.74, 6) is -1.20. The van der Waals surface area contributed by atoms with Gasteiger partial charge < -0.3 is 24.8 Å². The lowest BCUT2D eigenvalue weighted by atomic mass is 9.50. The third kappa shape index (κ3) is 7.29. The molecular weight excluding hydrogens is 677 g/mol. The van der Waals surface area contributed by atoms with Gasteiger partial charge in [-0.3, -0.25) is 14.4 Å². The molecule has 0 aliphatic heterocycles. The first kappa shape index (κ1) is 38.4. The molecule has 52 heavy (non-hydrogen) atoms. The number of halogens is 3. The van der Waals surface area contributed by atoms with Gasteiger partial charge in [0.25, 0.3) is 0 Å². The highest BCUT2D eigenvalue weighted by Gasteiger charge is 2.64. The highest BCUT2D eigenvalue weighted by Crippen LogP contribution is 2.65. The van der Waals surface area contributed by atoms with Gasteiger partial charge in [-0.15, -0.1) is 0 Å². The van der Waals surface area contributed by atoms with Crippen LogP contribution < -0.4 is 4.74 Å². The Labute approximate surface area is 303 Å². The van der Waals surface area contributed by atoms with Crippen molar-refractivity contribution in [3.8, 4) is 5.75 Å². The number of carbonyl (C=O) groups is 3.